The van der Waals surface area contributed by atoms with E-state index in [-0.39, 0.29) is 0 Å². The molecule has 2 nitrogen and oxygen atoms in total. The Labute approximate surface area is 56.1 Å². The first kappa shape index (κ1) is 6.81. The molecule has 3 heteroatoms. The second-order valence-corrected chi connectivity index (χ2v) is 4.92. The summed E-state index contributed by atoms with van der Waals surface area (Å²) in [7, 11) is -1.78. The van der Waals surface area contributed by atoms with Gasteiger partial charge in [0.1, 0.15) is 0 Å². The largest absolute Gasteiger partial charge is 0.249 e. The average molecular weight is 145 g/mol. The predicted octanol–water partition coefficient (Wildman–Crippen LogP) is 1.25. The monoisotopic (exact) mass is 145 g/mol. The summed E-state index contributed by atoms with van der Waals surface area (Å²) in [6.45, 7) is 5.49. The molecule has 1 rings (SSSR count). The van der Waals surface area contributed by atoms with Gasteiger partial charge in [-0.05, 0) is 5.92 Å². The Morgan fingerprint density at radius 1 is 1.78 bits per heavy atom. The molecule has 52 valence electrons. The lowest BCUT2D eigenvalue weighted by Crippen LogP contribution is -2.33. The van der Waals surface area contributed by atoms with Gasteiger partial charge in [-0.1, -0.05) is 13.5 Å². The van der Waals surface area contributed by atoms with Crippen LogP contribution >= 0.6 is 0 Å². The summed E-state index contributed by atoms with van der Waals surface area (Å²) in [5, 5.41) is 0. The molecular weight excluding hydrogens is 134 g/mol. The zero-order chi connectivity index (χ0) is 6.91. The van der Waals surface area contributed by atoms with Crippen LogP contribution in [0.15, 0.2) is 17.1 Å². The second-order valence-electron chi connectivity index (χ2n) is 2.50. The van der Waals surface area contributed by atoms with Crippen molar-refractivity contribution < 1.29 is 4.21 Å². The Hall–Kier alpha value is -0.310. The van der Waals surface area contributed by atoms with E-state index in [0.717, 1.165) is 11.5 Å². The fourth-order valence-corrected chi connectivity index (χ4v) is 3.19. The van der Waals surface area contributed by atoms with Crippen LogP contribution < -0.4 is 0 Å². The lowest BCUT2D eigenvalue weighted by molar-refractivity contribution is 0.614. The van der Waals surface area contributed by atoms with Gasteiger partial charge in [-0.3, -0.25) is 0 Å². The van der Waals surface area contributed by atoms with E-state index in [1.165, 1.54) is 6.20 Å². The maximum absolute atomic E-state index is 11.2. The van der Waals surface area contributed by atoms with E-state index in [0.29, 0.717) is 5.92 Å². The van der Waals surface area contributed by atoms with E-state index in [1.54, 1.807) is 0 Å². The van der Waals surface area contributed by atoms with Gasteiger partial charge in [0.25, 0.3) is 0 Å². The van der Waals surface area contributed by atoms with Crippen molar-refractivity contribution in [2.45, 2.75) is 6.92 Å². The van der Waals surface area contributed by atoms with Crippen molar-refractivity contribution in [3.8, 4) is 0 Å². The van der Waals surface area contributed by atoms with Crippen molar-refractivity contribution in [2.24, 2.45) is 10.3 Å². The minimum atomic E-state index is -1.78. The minimum absolute atomic E-state index is 0.598. The summed E-state index contributed by atoms with van der Waals surface area (Å²) in [6, 6.07) is 0. The van der Waals surface area contributed by atoms with Crippen molar-refractivity contribution in [3.63, 3.8) is 0 Å². The van der Waals surface area contributed by atoms with Crippen molar-refractivity contribution >= 4 is 9.73 Å². The van der Waals surface area contributed by atoms with Gasteiger partial charge in [0.2, 0.25) is 0 Å². The maximum atomic E-state index is 11.2. The standard InChI is InChI=1S/C6H11NOS/c1-3-7-9(8)4-6(2)5-9/h3,6H,1,4-5H2,2H3. The third kappa shape index (κ3) is 1.33. The van der Waals surface area contributed by atoms with Crippen molar-refractivity contribution in [3.05, 3.63) is 12.8 Å². The summed E-state index contributed by atoms with van der Waals surface area (Å²) in [6.07, 6.45) is 1.40. The molecule has 0 radical (unpaired) electrons. The Morgan fingerprint density at radius 2 is 2.33 bits per heavy atom. The molecule has 0 aromatic rings. The molecule has 9 heavy (non-hydrogen) atoms. The van der Waals surface area contributed by atoms with Crippen LogP contribution in [0, 0.1) is 5.92 Å². The second kappa shape index (κ2) is 2.14. The molecule has 0 N–H and O–H groups in total. The number of hydrogen-bond donors (Lipinski definition) is 0. The maximum Gasteiger partial charge on any atom is 0.0515 e. The van der Waals surface area contributed by atoms with Crippen LogP contribution in [0.1, 0.15) is 6.92 Å². The first-order valence-electron chi connectivity index (χ1n) is 2.99. The minimum Gasteiger partial charge on any atom is -0.249 e. The molecule has 0 unspecified atom stereocenters. The molecular formula is C6H11NOS. The fraction of sp³-hybridized carbons (Fsp3) is 0.667. The zero-order valence-electron chi connectivity index (χ0n) is 5.54. The van der Waals surface area contributed by atoms with E-state index in [1.807, 2.05) is 0 Å². The summed E-state index contributed by atoms with van der Waals surface area (Å²) in [5.41, 5.74) is 0. The Balaban J connectivity index is 2.71. The van der Waals surface area contributed by atoms with E-state index < -0.39 is 9.73 Å². The van der Waals surface area contributed by atoms with Crippen molar-refractivity contribution in [2.75, 3.05) is 11.5 Å². The molecule has 0 spiro atoms. The van der Waals surface area contributed by atoms with E-state index >= 15 is 0 Å². The highest BCUT2D eigenvalue weighted by Crippen LogP contribution is 2.19. The molecule has 0 aromatic carbocycles. The van der Waals surface area contributed by atoms with Crippen LogP contribution in [-0.2, 0) is 9.73 Å². The third-order valence-corrected chi connectivity index (χ3v) is 4.07. The van der Waals surface area contributed by atoms with Crippen LogP contribution in [0.3, 0.4) is 0 Å². The molecule has 0 aromatic heterocycles. The molecule has 0 bridgehead atoms. The van der Waals surface area contributed by atoms with Gasteiger partial charge in [0.05, 0.1) is 9.73 Å². The van der Waals surface area contributed by atoms with E-state index in [4.69, 9.17) is 0 Å². The summed E-state index contributed by atoms with van der Waals surface area (Å²) in [5.74, 6) is 2.12. The molecule has 1 fully saturated rings. The van der Waals surface area contributed by atoms with Crippen LogP contribution in [0.4, 0.5) is 0 Å². The highest BCUT2D eigenvalue weighted by molar-refractivity contribution is 7.95. The van der Waals surface area contributed by atoms with E-state index in [9.17, 15) is 4.21 Å². The zero-order valence-corrected chi connectivity index (χ0v) is 6.36. The molecule has 0 amide bonds. The first-order chi connectivity index (χ1) is 4.16. The molecule has 0 atom stereocenters. The molecule has 1 aliphatic heterocycles. The number of nitrogens with zero attached hydrogens (tertiary/aromatic N) is 1. The normalized spacial score (nSPS) is 41.2. The first-order valence-corrected chi connectivity index (χ1v) is 4.84. The average Bonchev–Trinajstić information content (AvgIpc) is 1.62. The van der Waals surface area contributed by atoms with Crippen LogP contribution in [0.25, 0.3) is 0 Å². The summed E-state index contributed by atoms with van der Waals surface area (Å²) < 4.78 is 15.0. The van der Waals surface area contributed by atoms with Crippen LogP contribution in [-0.4, -0.2) is 15.7 Å². The van der Waals surface area contributed by atoms with Gasteiger partial charge in [-0.25, -0.2) is 8.57 Å². The molecule has 1 saturated heterocycles. The van der Waals surface area contributed by atoms with E-state index in [2.05, 4.69) is 17.9 Å². The molecule has 1 aliphatic rings. The Bertz CT molecular complexity index is 213. The van der Waals surface area contributed by atoms with Gasteiger partial charge < -0.3 is 0 Å². The highest BCUT2D eigenvalue weighted by atomic mass is 32.2. The fourth-order valence-electron chi connectivity index (χ4n) is 1.06. The third-order valence-electron chi connectivity index (χ3n) is 1.36. The highest BCUT2D eigenvalue weighted by Gasteiger charge is 2.26. The molecule has 0 aliphatic carbocycles. The predicted molar refractivity (Wildman–Crippen MR) is 39.7 cm³/mol. The van der Waals surface area contributed by atoms with Crippen LogP contribution in [0.5, 0.6) is 0 Å². The number of hydrogen-bond acceptors (Lipinski definition) is 2. The lowest BCUT2D eigenvalue weighted by atomic mass is 10.2. The number of rotatable bonds is 1. The van der Waals surface area contributed by atoms with Crippen LogP contribution in [0.2, 0.25) is 0 Å². The van der Waals surface area contributed by atoms with Crippen molar-refractivity contribution in [1.82, 2.24) is 0 Å². The van der Waals surface area contributed by atoms with Gasteiger partial charge >= 0.3 is 0 Å². The van der Waals surface area contributed by atoms with Gasteiger partial charge in [-0.2, -0.15) is 0 Å². The lowest BCUT2D eigenvalue weighted by Gasteiger charge is -2.25. The van der Waals surface area contributed by atoms with Gasteiger partial charge in [-0.15, -0.1) is 0 Å². The summed E-state index contributed by atoms with van der Waals surface area (Å²) >= 11 is 0. The Kier molecular flexibility index (Phi) is 1.62. The smallest absolute Gasteiger partial charge is 0.0515 e. The Morgan fingerprint density at radius 3 is 2.67 bits per heavy atom. The molecule has 1 heterocycles. The summed E-state index contributed by atoms with van der Waals surface area (Å²) in [4.78, 5) is 0. The van der Waals surface area contributed by atoms with Crippen molar-refractivity contribution in [1.29, 1.82) is 0 Å². The van der Waals surface area contributed by atoms with Gasteiger partial charge in [0, 0.05) is 17.7 Å². The quantitative estimate of drug-likeness (QED) is 0.546. The topological polar surface area (TPSA) is 29.4 Å². The van der Waals surface area contributed by atoms with Gasteiger partial charge in [0.15, 0.2) is 0 Å². The SMILES string of the molecule is C=CN=S1(=O)CC(C)C1. The molecule has 0 saturated carbocycles.